The Morgan fingerprint density at radius 3 is 2.38 bits per heavy atom. The number of carbonyl (C=O) groups is 4. The number of benzene rings is 2. The number of nitrogens with zero attached hydrogens (tertiary/aromatic N) is 1. The van der Waals surface area contributed by atoms with Gasteiger partial charge in [0.25, 0.3) is 0 Å². The quantitative estimate of drug-likeness (QED) is 0.320. The molecule has 0 bridgehead atoms. The molecule has 1 heterocycles. The van der Waals surface area contributed by atoms with Crippen LogP contribution in [0.2, 0.25) is 10.0 Å². The van der Waals surface area contributed by atoms with E-state index in [0.717, 1.165) is 5.57 Å². The van der Waals surface area contributed by atoms with E-state index >= 15 is 0 Å². The molecule has 1 N–H and O–H groups in total. The van der Waals surface area contributed by atoms with Crippen molar-refractivity contribution in [1.82, 2.24) is 0 Å². The van der Waals surface area contributed by atoms with E-state index in [1.54, 1.807) is 37.3 Å². The molecular formula is C29H21Cl2NO5. The summed E-state index contributed by atoms with van der Waals surface area (Å²) in [6.45, 7) is 1.61. The molecule has 0 radical (unpaired) electrons. The summed E-state index contributed by atoms with van der Waals surface area (Å²) >= 11 is 12.6. The maximum atomic E-state index is 13.8. The second-order valence-electron chi connectivity index (χ2n) is 9.92. The molecule has 0 aromatic heterocycles. The number of imide groups is 1. The van der Waals surface area contributed by atoms with Crippen LogP contribution in [-0.2, 0) is 19.2 Å². The highest BCUT2D eigenvalue weighted by Gasteiger charge is 2.56. The Kier molecular flexibility index (Phi) is 5.51. The fourth-order valence-corrected chi connectivity index (χ4v) is 6.72. The van der Waals surface area contributed by atoms with E-state index in [9.17, 15) is 24.3 Å². The van der Waals surface area contributed by atoms with Gasteiger partial charge in [0.15, 0.2) is 11.6 Å². The minimum Gasteiger partial charge on any atom is -0.508 e. The first-order valence-corrected chi connectivity index (χ1v) is 12.7. The molecule has 2 aromatic carbocycles. The van der Waals surface area contributed by atoms with Crippen molar-refractivity contribution >= 4 is 52.3 Å². The van der Waals surface area contributed by atoms with Gasteiger partial charge in [-0.15, -0.1) is 0 Å². The molecule has 37 heavy (non-hydrogen) atoms. The van der Waals surface area contributed by atoms with Crippen molar-refractivity contribution in [2.45, 2.75) is 25.7 Å². The number of amides is 2. The molecule has 1 saturated heterocycles. The molecule has 0 saturated carbocycles. The van der Waals surface area contributed by atoms with Crippen LogP contribution < -0.4 is 4.90 Å². The lowest BCUT2D eigenvalue weighted by molar-refractivity contribution is -0.123. The zero-order chi connectivity index (χ0) is 26.2. The number of halogens is 2. The summed E-state index contributed by atoms with van der Waals surface area (Å²) in [6, 6.07) is 11.1. The minimum atomic E-state index is -0.675. The standard InChI is InChI=1S/C29H21Cl2NO5/c1-13-10-23(34)21-12-20-17(24(26(21)27(13)35)18-7-6-16(33)11-22(18)31)8-9-19-25(20)29(37)32(28(19)36)15-4-2-14(30)3-5-15/h2-8,10-11,19-20,24-25,33H,9,12H2,1H3. The molecule has 4 aliphatic rings. The van der Waals surface area contributed by atoms with E-state index in [4.69, 9.17) is 23.2 Å². The Bertz CT molecular complexity index is 1520. The van der Waals surface area contributed by atoms with Crippen molar-refractivity contribution in [1.29, 1.82) is 0 Å². The Hall–Kier alpha value is -3.48. The SMILES string of the molecule is CC1=CC(=O)C2=C(C1=O)C(c1ccc(O)cc1Cl)C1=CCC3C(=O)N(c4ccc(Cl)cc4)C(=O)C3C1C2. The normalized spacial score (nSPS) is 27.1. The van der Waals surface area contributed by atoms with E-state index in [1.165, 1.54) is 23.1 Å². The average molecular weight is 534 g/mol. The predicted octanol–water partition coefficient (Wildman–Crippen LogP) is 5.33. The zero-order valence-electron chi connectivity index (χ0n) is 19.7. The molecular weight excluding hydrogens is 513 g/mol. The Labute approximate surface area is 222 Å². The number of anilines is 1. The molecule has 2 aromatic rings. The smallest absolute Gasteiger partial charge is 0.238 e. The van der Waals surface area contributed by atoms with Crippen molar-refractivity contribution in [3.8, 4) is 5.75 Å². The Morgan fingerprint density at radius 2 is 1.68 bits per heavy atom. The molecule has 8 heteroatoms. The number of hydrogen-bond donors (Lipinski definition) is 1. The van der Waals surface area contributed by atoms with E-state index in [-0.39, 0.29) is 40.6 Å². The van der Waals surface area contributed by atoms with Gasteiger partial charge in [-0.1, -0.05) is 40.9 Å². The molecule has 6 nitrogen and oxygen atoms in total. The summed E-state index contributed by atoms with van der Waals surface area (Å²) in [6.07, 6.45) is 3.80. The van der Waals surface area contributed by atoms with Crippen LogP contribution in [0.15, 0.2) is 76.9 Å². The van der Waals surface area contributed by atoms with Crippen LogP contribution in [0.25, 0.3) is 0 Å². The molecule has 4 unspecified atom stereocenters. The summed E-state index contributed by atoms with van der Waals surface area (Å²) in [5.74, 6) is -3.49. The van der Waals surface area contributed by atoms with Gasteiger partial charge in [0.2, 0.25) is 11.8 Å². The van der Waals surface area contributed by atoms with Crippen LogP contribution >= 0.6 is 23.2 Å². The van der Waals surface area contributed by atoms with Gasteiger partial charge in [-0.05, 0) is 73.7 Å². The third kappa shape index (κ3) is 3.54. The average Bonchev–Trinajstić information content (AvgIpc) is 3.12. The van der Waals surface area contributed by atoms with Gasteiger partial charge in [-0.3, -0.25) is 24.1 Å². The third-order valence-electron chi connectivity index (χ3n) is 7.94. The first-order chi connectivity index (χ1) is 17.7. The highest BCUT2D eigenvalue weighted by atomic mass is 35.5. The van der Waals surface area contributed by atoms with Gasteiger partial charge in [0.1, 0.15) is 5.75 Å². The summed E-state index contributed by atoms with van der Waals surface area (Å²) in [5.41, 5.74) is 2.90. The Balaban J connectivity index is 1.50. The molecule has 1 fully saturated rings. The lowest BCUT2D eigenvalue weighted by atomic mass is 9.59. The van der Waals surface area contributed by atoms with Crippen LogP contribution in [0.4, 0.5) is 5.69 Å². The summed E-state index contributed by atoms with van der Waals surface area (Å²) in [7, 11) is 0. The van der Waals surface area contributed by atoms with E-state index in [1.807, 2.05) is 6.08 Å². The molecule has 4 atom stereocenters. The van der Waals surface area contributed by atoms with Gasteiger partial charge in [0, 0.05) is 32.7 Å². The number of rotatable bonds is 2. The van der Waals surface area contributed by atoms with Gasteiger partial charge in [-0.2, -0.15) is 0 Å². The fourth-order valence-electron chi connectivity index (χ4n) is 6.31. The Morgan fingerprint density at radius 1 is 0.946 bits per heavy atom. The number of hydrogen-bond acceptors (Lipinski definition) is 5. The molecule has 1 aliphatic heterocycles. The maximum Gasteiger partial charge on any atom is 0.238 e. The van der Waals surface area contributed by atoms with Crippen molar-refractivity contribution in [3.05, 3.63) is 92.5 Å². The number of phenols is 1. The molecule has 3 aliphatic carbocycles. The first-order valence-electron chi connectivity index (χ1n) is 12.0. The molecule has 0 spiro atoms. The van der Waals surface area contributed by atoms with Crippen LogP contribution in [0.1, 0.15) is 31.2 Å². The highest BCUT2D eigenvalue weighted by Crippen LogP contribution is 2.56. The van der Waals surface area contributed by atoms with Crippen LogP contribution in [0, 0.1) is 17.8 Å². The summed E-state index contributed by atoms with van der Waals surface area (Å²) < 4.78 is 0. The van der Waals surface area contributed by atoms with Crippen LogP contribution in [-0.4, -0.2) is 28.5 Å². The molecule has 6 rings (SSSR count). The third-order valence-corrected chi connectivity index (χ3v) is 8.52. The van der Waals surface area contributed by atoms with E-state index in [2.05, 4.69) is 0 Å². The number of phenolic OH excluding ortho intramolecular Hbond substituents is 1. The van der Waals surface area contributed by atoms with Gasteiger partial charge in [0.05, 0.1) is 17.5 Å². The second kappa shape index (κ2) is 8.54. The van der Waals surface area contributed by atoms with Crippen molar-refractivity contribution in [2.75, 3.05) is 4.90 Å². The van der Waals surface area contributed by atoms with Gasteiger partial charge >= 0.3 is 0 Å². The highest BCUT2D eigenvalue weighted by molar-refractivity contribution is 6.32. The number of carbonyl (C=O) groups excluding carboxylic acids is 4. The largest absolute Gasteiger partial charge is 0.508 e. The molecule has 186 valence electrons. The number of allylic oxidation sites excluding steroid dienone is 6. The maximum absolute atomic E-state index is 13.8. The first kappa shape index (κ1) is 23.9. The van der Waals surface area contributed by atoms with Gasteiger partial charge in [-0.25, -0.2) is 0 Å². The fraction of sp³-hybridized carbons (Fsp3) is 0.241. The zero-order valence-corrected chi connectivity index (χ0v) is 21.2. The van der Waals surface area contributed by atoms with Crippen LogP contribution in [0.3, 0.4) is 0 Å². The van der Waals surface area contributed by atoms with Crippen molar-refractivity contribution in [3.63, 3.8) is 0 Å². The number of fused-ring (bicyclic) bond motifs is 3. The van der Waals surface area contributed by atoms with E-state index in [0.29, 0.717) is 39.4 Å². The van der Waals surface area contributed by atoms with Crippen molar-refractivity contribution < 1.29 is 24.3 Å². The van der Waals surface area contributed by atoms with E-state index < -0.39 is 23.7 Å². The second-order valence-corrected chi connectivity index (χ2v) is 10.8. The topological polar surface area (TPSA) is 91.8 Å². The number of ketones is 2. The predicted molar refractivity (Wildman–Crippen MR) is 138 cm³/mol. The summed E-state index contributed by atoms with van der Waals surface area (Å²) in [5, 5.41) is 10.7. The summed E-state index contributed by atoms with van der Waals surface area (Å²) in [4.78, 5) is 55.1. The molecule has 2 amide bonds. The van der Waals surface area contributed by atoms with Gasteiger partial charge < -0.3 is 5.11 Å². The minimum absolute atomic E-state index is 0.0229. The lowest BCUT2D eigenvalue weighted by Crippen LogP contribution is -2.39. The van der Waals surface area contributed by atoms with Crippen LogP contribution in [0.5, 0.6) is 5.75 Å². The number of aromatic hydroxyl groups is 1. The number of Topliss-reactive ketones (excluding diaryl/α,β-unsaturated/α-hetero) is 1. The monoisotopic (exact) mass is 533 g/mol. The van der Waals surface area contributed by atoms with Crippen molar-refractivity contribution in [2.24, 2.45) is 17.8 Å². The lowest BCUT2D eigenvalue weighted by Gasteiger charge is -2.42.